The molecule has 4 N–H and O–H groups in total. The highest BCUT2D eigenvalue weighted by atomic mass is 16.2. The summed E-state index contributed by atoms with van der Waals surface area (Å²) >= 11 is 0. The van der Waals surface area contributed by atoms with Crippen LogP contribution in [-0.2, 0) is 6.54 Å². The van der Waals surface area contributed by atoms with Gasteiger partial charge in [-0.05, 0) is 31.7 Å². The number of imidazole rings is 1. The predicted molar refractivity (Wildman–Crippen MR) is 78.4 cm³/mol. The number of rotatable bonds is 5. The van der Waals surface area contributed by atoms with Gasteiger partial charge in [0, 0.05) is 24.1 Å². The van der Waals surface area contributed by atoms with E-state index in [1.54, 1.807) is 12.4 Å². The Kier molecular flexibility index (Phi) is 4.73. The number of H-pyrrole nitrogens is 1. The van der Waals surface area contributed by atoms with Crippen molar-refractivity contribution < 1.29 is 4.79 Å². The summed E-state index contributed by atoms with van der Waals surface area (Å²) < 4.78 is 0. The number of aromatic amines is 1. The van der Waals surface area contributed by atoms with Crippen molar-refractivity contribution in [3.05, 3.63) is 48.0 Å². The minimum Gasteiger partial charge on any atom is -0.347 e. The van der Waals surface area contributed by atoms with Crippen molar-refractivity contribution in [2.24, 2.45) is 0 Å². The summed E-state index contributed by atoms with van der Waals surface area (Å²) in [5, 5.41) is 8.67. The monoisotopic (exact) mass is 273 g/mol. The molecule has 6 heteroatoms. The Morgan fingerprint density at radius 1 is 1.35 bits per heavy atom. The van der Waals surface area contributed by atoms with Gasteiger partial charge in [-0.25, -0.2) is 9.78 Å². The van der Waals surface area contributed by atoms with E-state index in [9.17, 15) is 4.79 Å². The lowest BCUT2D eigenvalue weighted by atomic mass is 10.1. The smallest absolute Gasteiger partial charge is 0.319 e. The molecule has 2 amide bonds. The Morgan fingerprint density at radius 3 is 2.70 bits per heavy atom. The summed E-state index contributed by atoms with van der Waals surface area (Å²) in [5.74, 6) is 0.721. The van der Waals surface area contributed by atoms with Crippen molar-refractivity contribution in [3.8, 4) is 0 Å². The molecule has 1 unspecified atom stereocenters. The van der Waals surface area contributed by atoms with Crippen molar-refractivity contribution in [3.63, 3.8) is 0 Å². The van der Waals surface area contributed by atoms with Crippen LogP contribution >= 0.6 is 0 Å². The average Bonchev–Trinajstić information content (AvgIpc) is 2.98. The van der Waals surface area contributed by atoms with E-state index in [2.05, 4.69) is 32.8 Å². The van der Waals surface area contributed by atoms with Gasteiger partial charge in [-0.3, -0.25) is 0 Å². The molecule has 0 spiro atoms. The minimum absolute atomic E-state index is 0.254. The quantitative estimate of drug-likeness (QED) is 0.672. The number of hydrogen-bond acceptors (Lipinski definition) is 3. The molecule has 2 rings (SSSR count). The molecule has 0 bridgehead atoms. The molecular formula is C14H19N5O. The maximum Gasteiger partial charge on any atom is 0.319 e. The Labute approximate surface area is 118 Å². The summed E-state index contributed by atoms with van der Waals surface area (Å²) in [7, 11) is 1.92. The fraction of sp³-hybridized carbons (Fsp3) is 0.286. The molecule has 1 heterocycles. The highest BCUT2D eigenvalue weighted by Crippen LogP contribution is 2.15. The second kappa shape index (κ2) is 6.72. The first-order valence-electron chi connectivity index (χ1n) is 6.49. The molecule has 0 aliphatic heterocycles. The van der Waals surface area contributed by atoms with Gasteiger partial charge in [-0.1, -0.05) is 12.1 Å². The molecule has 2 aromatic rings. The lowest BCUT2D eigenvalue weighted by Crippen LogP contribution is -2.28. The van der Waals surface area contributed by atoms with Crippen LogP contribution in [-0.4, -0.2) is 23.0 Å². The van der Waals surface area contributed by atoms with Crippen LogP contribution in [0.4, 0.5) is 10.5 Å². The minimum atomic E-state index is -0.254. The predicted octanol–water partition coefficient (Wildman–Crippen LogP) is 2.01. The number of amides is 2. The molecule has 0 aliphatic carbocycles. The van der Waals surface area contributed by atoms with Crippen LogP contribution in [0, 0.1) is 0 Å². The number of carbonyl (C=O) groups is 1. The van der Waals surface area contributed by atoms with E-state index in [1.165, 1.54) is 5.56 Å². The molecule has 0 fully saturated rings. The van der Waals surface area contributed by atoms with E-state index in [-0.39, 0.29) is 12.1 Å². The van der Waals surface area contributed by atoms with E-state index in [4.69, 9.17) is 0 Å². The molecule has 0 saturated heterocycles. The van der Waals surface area contributed by atoms with E-state index in [0.717, 1.165) is 11.5 Å². The van der Waals surface area contributed by atoms with Crippen LogP contribution < -0.4 is 16.0 Å². The molecule has 0 saturated carbocycles. The van der Waals surface area contributed by atoms with Crippen LogP contribution in [0.15, 0.2) is 36.7 Å². The fourth-order valence-corrected chi connectivity index (χ4v) is 1.76. The number of carbonyl (C=O) groups excluding carboxylic acids is 1. The number of nitrogens with one attached hydrogen (secondary N) is 4. The number of hydrogen-bond donors (Lipinski definition) is 4. The zero-order chi connectivity index (χ0) is 14.4. The van der Waals surface area contributed by atoms with Crippen molar-refractivity contribution in [2.45, 2.75) is 19.5 Å². The first kappa shape index (κ1) is 14.1. The van der Waals surface area contributed by atoms with Crippen molar-refractivity contribution >= 4 is 11.7 Å². The number of nitrogens with zero attached hydrogens (tertiary/aromatic N) is 1. The van der Waals surface area contributed by atoms with Gasteiger partial charge in [0.05, 0.1) is 6.54 Å². The third-order valence-electron chi connectivity index (χ3n) is 3.07. The first-order valence-corrected chi connectivity index (χ1v) is 6.49. The van der Waals surface area contributed by atoms with Gasteiger partial charge < -0.3 is 20.9 Å². The lowest BCUT2D eigenvalue weighted by Gasteiger charge is -2.11. The topological polar surface area (TPSA) is 81.8 Å². The maximum atomic E-state index is 11.7. The van der Waals surface area contributed by atoms with Crippen molar-refractivity contribution in [1.82, 2.24) is 20.6 Å². The normalized spacial score (nSPS) is 11.9. The van der Waals surface area contributed by atoms with E-state index < -0.39 is 0 Å². The van der Waals surface area contributed by atoms with Gasteiger partial charge in [0.15, 0.2) is 0 Å². The summed E-state index contributed by atoms with van der Waals surface area (Å²) in [6, 6.07) is 7.78. The lowest BCUT2D eigenvalue weighted by molar-refractivity contribution is 0.251. The second-order valence-corrected chi connectivity index (χ2v) is 4.48. The first-order chi connectivity index (χ1) is 9.69. The third kappa shape index (κ3) is 3.83. The molecule has 0 radical (unpaired) electrons. The number of urea groups is 1. The van der Waals surface area contributed by atoms with Gasteiger partial charge in [0.1, 0.15) is 5.82 Å². The maximum absolute atomic E-state index is 11.7. The molecule has 1 aromatic heterocycles. The molecule has 20 heavy (non-hydrogen) atoms. The van der Waals surface area contributed by atoms with E-state index >= 15 is 0 Å². The highest BCUT2D eigenvalue weighted by molar-refractivity contribution is 5.89. The number of aromatic nitrogens is 2. The standard InChI is InChI=1S/C14H19N5O/c1-10(15-2)11-3-5-12(6-4-11)19-14(20)18-9-13-16-7-8-17-13/h3-8,10,15H,9H2,1-2H3,(H,16,17)(H2,18,19,20). The van der Waals surface area contributed by atoms with Crippen LogP contribution in [0.3, 0.4) is 0 Å². The third-order valence-corrected chi connectivity index (χ3v) is 3.07. The van der Waals surface area contributed by atoms with Crippen LogP contribution in [0.2, 0.25) is 0 Å². The highest BCUT2D eigenvalue weighted by Gasteiger charge is 2.04. The Bertz CT molecular complexity index is 535. The zero-order valence-electron chi connectivity index (χ0n) is 11.6. The summed E-state index contributed by atoms with van der Waals surface area (Å²) in [6.07, 6.45) is 3.37. The van der Waals surface area contributed by atoms with E-state index in [0.29, 0.717) is 6.54 Å². The number of benzene rings is 1. The Hall–Kier alpha value is -2.34. The molecular weight excluding hydrogens is 254 g/mol. The molecule has 0 aliphatic rings. The van der Waals surface area contributed by atoms with Crippen LogP contribution in [0.5, 0.6) is 0 Å². The van der Waals surface area contributed by atoms with Gasteiger partial charge in [0.2, 0.25) is 0 Å². The largest absolute Gasteiger partial charge is 0.347 e. The summed E-state index contributed by atoms with van der Waals surface area (Å²) in [4.78, 5) is 18.7. The second-order valence-electron chi connectivity index (χ2n) is 4.48. The summed E-state index contributed by atoms with van der Waals surface area (Å²) in [6.45, 7) is 2.45. The molecule has 106 valence electrons. The van der Waals surface area contributed by atoms with Crippen LogP contribution in [0.1, 0.15) is 24.4 Å². The van der Waals surface area contributed by atoms with Gasteiger partial charge in [-0.2, -0.15) is 0 Å². The van der Waals surface area contributed by atoms with Crippen LogP contribution in [0.25, 0.3) is 0 Å². The SMILES string of the molecule is CNC(C)c1ccc(NC(=O)NCc2ncc[nH]2)cc1. The van der Waals surface area contributed by atoms with Gasteiger partial charge in [-0.15, -0.1) is 0 Å². The number of anilines is 1. The Morgan fingerprint density at radius 2 is 2.10 bits per heavy atom. The molecule has 1 atom stereocenters. The van der Waals surface area contributed by atoms with Gasteiger partial charge >= 0.3 is 6.03 Å². The zero-order valence-corrected chi connectivity index (χ0v) is 11.6. The van der Waals surface area contributed by atoms with E-state index in [1.807, 2.05) is 31.3 Å². The van der Waals surface area contributed by atoms with Gasteiger partial charge in [0.25, 0.3) is 0 Å². The van der Waals surface area contributed by atoms with Crippen molar-refractivity contribution in [2.75, 3.05) is 12.4 Å². The van der Waals surface area contributed by atoms with Crippen molar-refractivity contribution in [1.29, 1.82) is 0 Å². The molecule has 1 aromatic carbocycles. The fourth-order valence-electron chi connectivity index (χ4n) is 1.76. The molecule has 6 nitrogen and oxygen atoms in total. The Balaban J connectivity index is 1.84. The average molecular weight is 273 g/mol. The summed E-state index contributed by atoms with van der Waals surface area (Å²) in [5.41, 5.74) is 1.93.